The molecule has 16 heavy (non-hydrogen) atoms. The Morgan fingerprint density at radius 1 is 1.38 bits per heavy atom. The van der Waals surface area contributed by atoms with Crippen LogP contribution in [0.15, 0.2) is 17.6 Å². The monoisotopic (exact) mass is 235 g/mol. The van der Waals surface area contributed by atoms with Gasteiger partial charge in [0.1, 0.15) is 0 Å². The Morgan fingerprint density at radius 3 is 2.81 bits per heavy atom. The number of nitrogens with zero attached hydrogens (tertiary/aromatic N) is 3. The lowest BCUT2D eigenvalue weighted by molar-refractivity contribution is 0.416. The van der Waals surface area contributed by atoms with Gasteiger partial charge in [0.15, 0.2) is 5.16 Å². The Labute approximate surface area is 101 Å². The first-order valence-corrected chi connectivity index (χ1v) is 6.93. The van der Waals surface area contributed by atoms with Gasteiger partial charge in [-0.1, -0.05) is 37.4 Å². The highest BCUT2D eigenvalue weighted by Gasteiger charge is 2.16. The van der Waals surface area contributed by atoms with E-state index >= 15 is 0 Å². The fraction of sp³-hybridized carbons (Fsp3) is 0.667. The van der Waals surface area contributed by atoms with E-state index in [4.69, 9.17) is 5.26 Å². The average molecular weight is 235 g/mol. The van der Waals surface area contributed by atoms with Crippen molar-refractivity contribution in [2.45, 2.75) is 49.7 Å². The number of thioether (sulfide) groups is 1. The van der Waals surface area contributed by atoms with Crippen molar-refractivity contribution in [1.29, 1.82) is 5.26 Å². The van der Waals surface area contributed by atoms with Crippen molar-refractivity contribution in [2.24, 2.45) is 0 Å². The van der Waals surface area contributed by atoms with E-state index in [0.29, 0.717) is 11.8 Å². The maximum absolute atomic E-state index is 8.60. The smallest absolute Gasteiger partial charge is 0.169 e. The molecule has 1 aliphatic carbocycles. The SMILES string of the molecule is N#CCSc1nccn1C1CCCCCC1. The predicted molar refractivity (Wildman–Crippen MR) is 65.3 cm³/mol. The van der Waals surface area contributed by atoms with Gasteiger partial charge in [-0.2, -0.15) is 5.26 Å². The predicted octanol–water partition coefficient (Wildman–Crippen LogP) is 3.39. The second kappa shape index (κ2) is 5.95. The first kappa shape index (κ1) is 11.5. The van der Waals surface area contributed by atoms with Crippen molar-refractivity contribution in [3.05, 3.63) is 12.4 Å². The first-order chi connectivity index (χ1) is 7.92. The molecule has 1 fully saturated rings. The Hall–Kier alpha value is -0.950. The molecule has 1 saturated carbocycles. The van der Waals surface area contributed by atoms with Gasteiger partial charge in [0.25, 0.3) is 0 Å². The summed E-state index contributed by atoms with van der Waals surface area (Å²) in [6.45, 7) is 0. The summed E-state index contributed by atoms with van der Waals surface area (Å²) in [5.74, 6) is 0.490. The summed E-state index contributed by atoms with van der Waals surface area (Å²) < 4.78 is 2.27. The van der Waals surface area contributed by atoms with Gasteiger partial charge in [0.05, 0.1) is 11.8 Å². The minimum absolute atomic E-state index is 0.490. The molecule has 0 aliphatic heterocycles. The van der Waals surface area contributed by atoms with Crippen LogP contribution in [0.25, 0.3) is 0 Å². The molecule has 0 saturated heterocycles. The molecule has 1 aliphatic rings. The molecule has 0 atom stereocenters. The lowest BCUT2D eigenvalue weighted by Crippen LogP contribution is -2.08. The number of nitriles is 1. The molecule has 2 rings (SSSR count). The van der Waals surface area contributed by atoms with Crippen molar-refractivity contribution in [1.82, 2.24) is 9.55 Å². The maximum atomic E-state index is 8.60. The van der Waals surface area contributed by atoms with E-state index in [1.807, 2.05) is 6.20 Å². The average Bonchev–Trinajstić information content (AvgIpc) is 2.60. The zero-order chi connectivity index (χ0) is 11.2. The third kappa shape index (κ3) is 2.79. The van der Waals surface area contributed by atoms with E-state index in [9.17, 15) is 0 Å². The quantitative estimate of drug-likeness (QED) is 0.595. The Bertz CT molecular complexity index is 359. The molecule has 1 aromatic heterocycles. The largest absolute Gasteiger partial charge is 0.323 e. The van der Waals surface area contributed by atoms with Crippen LogP contribution in [0.4, 0.5) is 0 Å². The highest BCUT2D eigenvalue weighted by atomic mass is 32.2. The molecule has 3 nitrogen and oxygen atoms in total. The normalized spacial score (nSPS) is 17.9. The summed E-state index contributed by atoms with van der Waals surface area (Å²) in [7, 11) is 0. The fourth-order valence-electron chi connectivity index (χ4n) is 2.32. The summed E-state index contributed by atoms with van der Waals surface area (Å²) in [4.78, 5) is 4.33. The maximum Gasteiger partial charge on any atom is 0.169 e. The molecular weight excluding hydrogens is 218 g/mol. The Morgan fingerprint density at radius 2 is 2.12 bits per heavy atom. The zero-order valence-electron chi connectivity index (χ0n) is 9.43. The molecule has 0 unspecified atom stereocenters. The van der Waals surface area contributed by atoms with Crippen LogP contribution in [0, 0.1) is 11.3 Å². The van der Waals surface area contributed by atoms with Crippen LogP contribution in [-0.4, -0.2) is 15.3 Å². The van der Waals surface area contributed by atoms with Crippen LogP contribution < -0.4 is 0 Å². The van der Waals surface area contributed by atoms with E-state index in [2.05, 4.69) is 21.8 Å². The summed E-state index contributed by atoms with van der Waals surface area (Å²) >= 11 is 1.54. The molecule has 1 heterocycles. The molecule has 86 valence electrons. The number of aromatic nitrogens is 2. The molecule has 0 spiro atoms. The first-order valence-electron chi connectivity index (χ1n) is 5.94. The molecule has 1 aromatic rings. The number of imidazole rings is 1. The zero-order valence-corrected chi connectivity index (χ0v) is 10.2. The van der Waals surface area contributed by atoms with Gasteiger partial charge >= 0.3 is 0 Å². The summed E-state index contributed by atoms with van der Waals surface area (Å²) in [5, 5.41) is 9.61. The topological polar surface area (TPSA) is 41.6 Å². The van der Waals surface area contributed by atoms with E-state index in [1.54, 1.807) is 11.8 Å². The van der Waals surface area contributed by atoms with Crippen LogP contribution in [0.3, 0.4) is 0 Å². The number of hydrogen-bond acceptors (Lipinski definition) is 3. The van der Waals surface area contributed by atoms with Crippen molar-refractivity contribution in [3.8, 4) is 6.07 Å². The molecule has 0 aromatic carbocycles. The Balaban J connectivity index is 2.06. The van der Waals surface area contributed by atoms with Gasteiger partial charge < -0.3 is 4.57 Å². The van der Waals surface area contributed by atoms with Gasteiger partial charge in [-0.15, -0.1) is 0 Å². The molecule has 0 bridgehead atoms. The Kier molecular flexibility index (Phi) is 4.29. The van der Waals surface area contributed by atoms with E-state index in [0.717, 1.165) is 5.16 Å². The van der Waals surface area contributed by atoms with Gasteiger partial charge in [-0.25, -0.2) is 4.98 Å². The number of hydrogen-bond donors (Lipinski definition) is 0. The van der Waals surface area contributed by atoms with Crippen LogP contribution >= 0.6 is 11.8 Å². The fourth-order valence-corrected chi connectivity index (χ4v) is 3.01. The van der Waals surface area contributed by atoms with Crippen LogP contribution in [-0.2, 0) is 0 Å². The number of rotatable bonds is 3. The standard InChI is InChI=1S/C12H17N3S/c13-7-10-16-12-14-8-9-15(12)11-5-3-1-2-4-6-11/h8-9,11H,1-6,10H2. The van der Waals surface area contributed by atoms with E-state index in [1.165, 1.54) is 38.5 Å². The van der Waals surface area contributed by atoms with E-state index in [-0.39, 0.29) is 0 Å². The van der Waals surface area contributed by atoms with Crippen molar-refractivity contribution in [3.63, 3.8) is 0 Å². The summed E-state index contributed by atoms with van der Waals surface area (Å²) in [5.41, 5.74) is 0. The molecule has 4 heteroatoms. The van der Waals surface area contributed by atoms with Crippen LogP contribution in [0.5, 0.6) is 0 Å². The van der Waals surface area contributed by atoms with Gasteiger partial charge in [0, 0.05) is 18.4 Å². The van der Waals surface area contributed by atoms with Crippen molar-refractivity contribution < 1.29 is 0 Å². The third-order valence-corrected chi connectivity index (χ3v) is 3.96. The summed E-state index contributed by atoms with van der Waals surface area (Å²) in [6, 6.07) is 2.76. The second-order valence-corrected chi connectivity index (χ2v) is 5.15. The van der Waals surface area contributed by atoms with Crippen molar-refractivity contribution >= 4 is 11.8 Å². The minimum Gasteiger partial charge on any atom is -0.323 e. The molecule has 0 radical (unpaired) electrons. The molecule has 0 N–H and O–H groups in total. The van der Waals surface area contributed by atoms with Gasteiger partial charge in [0.2, 0.25) is 0 Å². The van der Waals surface area contributed by atoms with E-state index < -0.39 is 0 Å². The lowest BCUT2D eigenvalue weighted by Gasteiger charge is -2.17. The molecular formula is C12H17N3S. The summed E-state index contributed by atoms with van der Waals surface area (Å²) in [6.07, 6.45) is 11.8. The molecule has 0 amide bonds. The highest BCUT2D eigenvalue weighted by Crippen LogP contribution is 2.30. The lowest BCUT2D eigenvalue weighted by atomic mass is 10.1. The second-order valence-electron chi connectivity index (χ2n) is 4.21. The van der Waals surface area contributed by atoms with Gasteiger partial charge in [-0.05, 0) is 12.8 Å². The highest BCUT2D eigenvalue weighted by molar-refractivity contribution is 7.99. The van der Waals surface area contributed by atoms with Crippen molar-refractivity contribution in [2.75, 3.05) is 5.75 Å². The van der Waals surface area contributed by atoms with Crippen LogP contribution in [0.1, 0.15) is 44.6 Å². The van der Waals surface area contributed by atoms with Crippen LogP contribution in [0.2, 0.25) is 0 Å². The minimum atomic E-state index is 0.490. The third-order valence-electron chi connectivity index (χ3n) is 3.12. The van der Waals surface area contributed by atoms with Gasteiger partial charge in [-0.3, -0.25) is 0 Å².